The van der Waals surface area contributed by atoms with Crippen molar-refractivity contribution in [3.8, 4) is 5.75 Å². The number of hydrogen-bond donors (Lipinski definition) is 1. The summed E-state index contributed by atoms with van der Waals surface area (Å²) in [6.07, 6.45) is 2.06. The van der Waals surface area contributed by atoms with Crippen molar-refractivity contribution in [2.24, 2.45) is 0 Å². The van der Waals surface area contributed by atoms with Crippen LogP contribution in [0.5, 0.6) is 5.75 Å². The maximum Gasteiger partial charge on any atom is 0.276 e. The van der Waals surface area contributed by atoms with Crippen LogP contribution in [0.1, 0.15) is 34.3 Å². The van der Waals surface area contributed by atoms with E-state index in [-0.39, 0.29) is 17.7 Å². The van der Waals surface area contributed by atoms with Gasteiger partial charge in [0.2, 0.25) is 0 Å². The molecular weight excluding hydrogens is 417 g/mol. The van der Waals surface area contributed by atoms with Crippen LogP contribution in [0.2, 0.25) is 0 Å². The molecule has 0 radical (unpaired) electrons. The first-order valence-corrected chi connectivity index (χ1v) is 10.6. The number of likely N-dealkylation sites (N-methyl/N-ethyl adjacent to an activating group) is 1. The molecule has 1 fully saturated rings. The quantitative estimate of drug-likeness (QED) is 0.469. The second kappa shape index (κ2) is 11.0. The minimum atomic E-state index is -0.787. The fourth-order valence-corrected chi connectivity index (χ4v) is 3.63. The summed E-state index contributed by atoms with van der Waals surface area (Å²) in [5.74, 6) is -0.684. The highest BCUT2D eigenvalue weighted by Gasteiger charge is 2.20. The minimum Gasteiger partial charge on any atom is -0.492 e. The number of rotatable bonds is 9. The molecule has 2 aromatic rings. The molecule has 1 amide bonds. The van der Waals surface area contributed by atoms with E-state index in [1.165, 1.54) is 6.92 Å². The molecule has 1 heterocycles. The van der Waals surface area contributed by atoms with E-state index in [4.69, 9.17) is 9.47 Å². The van der Waals surface area contributed by atoms with Crippen molar-refractivity contribution in [1.29, 1.82) is 0 Å². The molecule has 9 heteroatoms. The summed E-state index contributed by atoms with van der Waals surface area (Å²) in [7, 11) is 2.09. The highest BCUT2D eigenvalue weighted by molar-refractivity contribution is 5.95. The largest absolute Gasteiger partial charge is 0.492 e. The van der Waals surface area contributed by atoms with Gasteiger partial charge in [0, 0.05) is 44.0 Å². The molecule has 0 atom stereocenters. The molecule has 1 saturated heterocycles. The van der Waals surface area contributed by atoms with Gasteiger partial charge in [-0.05, 0) is 50.6 Å². The van der Waals surface area contributed by atoms with Crippen LogP contribution in [0.15, 0.2) is 36.4 Å². The molecule has 1 aliphatic rings. The average molecular weight is 445 g/mol. The third-order valence-electron chi connectivity index (χ3n) is 5.65. The average Bonchev–Trinajstić information content (AvgIpc) is 2.79. The van der Waals surface area contributed by atoms with Gasteiger partial charge in [0.25, 0.3) is 11.6 Å². The molecule has 0 spiro atoms. The Bertz CT molecular complexity index is 963. The molecule has 0 aromatic heterocycles. The standard InChI is InChI=1S/C23H28FN3O5/c1-16-21(24)13-18(14-22(16)27(29)30)23(28)25-15-17-4-3-5-20(12-17)32-11-8-26(2)19-6-9-31-10-7-19/h3-5,12-14,19H,6-11,15H2,1-2H3,(H,25,28). The molecule has 0 aliphatic carbocycles. The number of hydrogen-bond acceptors (Lipinski definition) is 6. The fraction of sp³-hybridized carbons (Fsp3) is 0.435. The minimum absolute atomic E-state index is 0.0941. The SMILES string of the molecule is Cc1c(F)cc(C(=O)NCc2cccc(OCCN(C)C3CCOCC3)c2)cc1[N+](=O)[O-]. The van der Waals surface area contributed by atoms with Crippen molar-refractivity contribution in [1.82, 2.24) is 10.2 Å². The first-order chi connectivity index (χ1) is 15.3. The fourth-order valence-electron chi connectivity index (χ4n) is 3.63. The van der Waals surface area contributed by atoms with Gasteiger partial charge >= 0.3 is 0 Å². The maximum absolute atomic E-state index is 14.0. The van der Waals surface area contributed by atoms with E-state index >= 15 is 0 Å². The van der Waals surface area contributed by atoms with Crippen molar-refractivity contribution in [2.45, 2.75) is 32.4 Å². The number of nitro benzene ring substituents is 1. The van der Waals surface area contributed by atoms with Crippen LogP contribution >= 0.6 is 0 Å². The summed E-state index contributed by atoms with van der Waals surface area (Å²) >= 11 is 0. The Morgan fingerprint density at radius 2 is 2.06 bits per heavy atom. The van der Waals surface area contributed by atoms with E-state index in [1.54, 1.807) is 0 Å². The van der Waals surface area contributed by atoms with Crippen LogP contribution in [0.25, 0.3) is 0 Å². The number of halogens is 1. The lowest BCUT2D eigenvalue weighted by Gasteiger charge is -2.31. The molecule has 0 bridgehead atoms. The van der Waals surface area contributed by atoms with Crippen LogP contribution < -0.4 is 10.1 Å². The Morgan fingerprint density at radius 3 is 2.78 bits per heavy atom. The lowest BCUT2D eigenvalue weighted by atomic mass is 10.1. The number of nitrogens with zero attached hydrogens (tertiary/aromatic N) is 2. The number of benzene rings is 2. The highest BCUT2D eigenvalue weighted by atomic mass is 19.1. The molecule has 0 saturated carbocycles. The Balaban J connectivity index is 1.52. The molecular formula is C23H28FN3O5. The monoisotopic (exact) mass is 445 g/mol. The van der Waals surface area contributed by atoms with Gasteiger partial charge in [-0.3, -0.25) is 19.8 Å². The van der Waals surface area contributed by atoms with Gasteiger partial charge in [0.1, 0.15) is 18.2 Å². The van der Waals surface area contributed by atoms with Gasteiger partial charge < -0.3 is 14.8 Å². The Morgan fingerprint density at radius 1 is 1.31 bits per heavy atom. The summed E-state index contributed by atoms with van der Waals surface area (Å²) < 4.78 is 25.2. The van der Waals surface area contributed by atoms with Gasteiger partial charge in [-0.15, -0.1) is 0 Å². The molecule has 0 unspecified atom stereocenters. The van der Waals surface area contributed by atoms with Crippen molar-refractivity contribution >= 4 is 11.6 Å². The second-order valence-corrected chi connectivity index (χ2v) is 7.86. The number of carbonyl (C=O) groups is 1. The van der Waals surface area contributed by atoms with Gasteiger partial charge in [-0.2, -0.15) is 0 Å². The van der Waals surface area contributed by atoms with E-state index in [1.807, 2.05) is 24.3 Å². The summed E-state index contributed by atoms with van der Waals surface area (Å²) in [6, 6.07) is 9.94. The topological polar surface area (TPSA) is 93.9 Å². The van der Waals surface area contributed by atoms with E-state index in [2.05, 4.69) is 17.3 Å². The third kappa shape index (κ3) is 6.24. The van der Waals surface area contributed by atoms with Crippen molar-refractivity contribution in [3.05, 3.63) is 69.0 Å². The summed E-state index contributed by atoms with van der Waals surface area (Å²) in [5, 5.41) is 13.7. The number of ether oxygens (including phenoxy) is 2. The van der Waals surface area contributed by atoms with Crippen LogP contribution in [0.4, 0.5) is 10.1 Å². The molecule has 8 nitrogen and oxygen atoms in total. The van der Waals surface area contributed by atoms with Gasteiger partial charge in [-0.1, -0.05) is 12.1 Å². The zero-order valence-electron chi connectivity index (χ0n) is 18.3. The Kier molecular flexibility index (Phi) is 8.13. The number of nitro groups is 1. The summed E-state index contributed by atoms with van der Waals surface area (Å²) in [5.41, 5.74) is 0.189. The van der Waals surface area contributed by atoms with Crippen molar-refractivity contribution < 1.29 is 23.6 Å². The zero-order valence-corrected chi connectivity index (χ0v) is 18.3. The second-order valence-electron chi connectivity index (χ2n) is 7.86. The number of nitrogens with one attached hydrogen (secondary N) is 1. The predicted octanol–water partition coefficient (Wildman–Crippen LogP) is 3.46. The van der Waals surface area contributed by atoms with Crippen molar-refractivity contribution in [3.63, 3.8) is 0 Å². The normalized spacial score (nSPS) is 14.4. The van der Waals surface area contributed by atoms with E-state index in [0.717, 1.165) is 50.3 Å². The zero-order chi connectivity index (χ0) is 23.1. The first-order valence-electron chi connectivity index (χ1n) is 10.6. The van der Waals surface area contributed by atoms with Crippen LogP contribution in [0.3, 0.4) is 0 Å². The Hall–Kier alpha value is -3.04. The van der Waals surface area contributed by atoms with Crippen LogP contribution in [-0.4, -0.2) is 55.2 Å². The maximum atomic E-state index is 14.0. The first kappa shape index (κ1) is 23.6. The predicted molar refractivity (Wildman–Crippen MR) is 117 cm³/mol. The lowest BCUT2D eigenvalue weighted by molar-refractivity contribution is -0.385. The third-order valence-corrected chi connectivity index (χ3v) is 5.65. The summed E-state index contributed by atoms with van der Waals surface area (Å²) in [6.45, 7) is 4.42. The molecule has 172 valence electrons. The number of amides is 1. The van der Waals surface area contributed by atoms with Crippen LogP contribution in [0, 0.1) is 22.9 Å². The number of carbonyl (C=O) groups excluding carboxylic acids is 1. The smallest absolute Gasteiger partial charge is 0.276 e. The molecule has 32 heavy (non-hydrogen) atoms. The van der Waals surface area contributed by atoms with E-state index in [0.29, 0.717) is 18.4 Å². The molecule has 2 aromatic carbocycles. The summed E-state index contributed by atoms with van der Waals surface area (Å²) in [4.78, 5) is 25.0. The lowest BCUT2D eigenvalue weighted by Crippen LogP contribution is -2.38. The Labute approximate surface area is 186 Å². The van der Waals surface area contributed by atoms with Crippen molar-refractivity contribution in [2.75, 3.05) is 33.4 Å². The molecule has 3 rings (SSSR count). The van der Waals surface area contributed by atoms with E-state index in [9.17, 15) is 19.3 Å². The highest BCUT2D eigenvalue weighted by Crippen LogP contribution is 2.23. The molecule has 1 N–H and O–H groups in total. The van der Waals surface area contributed by atoms with Gasteiger partial charge in [0.15, 0.2) is 0 Å². The van der Waals surface area contributed by atoms with Gasteiger partial charge in [0.05, 0.1) is 10.5 Å². The van der Waals surface area contributed by atoms with E-state index < -0.39 is 22.3 Å². The molecule has 1 aliphatic heterocycles. The van der Waals surface area contributed by atoms with Gasteiger partial charge in [-0.25, -0.2) is 4.39 Å². The van der Waals surface area contributed by atoms with Crippen LogP contribution in [-0.2, 0) is 11.3 Å².